The maximum Gasteiger partial charge on any atom is 0.0195 e. The van der Waals surface area contributed by atoms with Crippen LogP contribution in [0.1, 0.15) is 72.6 Å². The highest BCUT2D eigenvalue weighted by Crippen LogP contribution is 2.25. The second-order valence-electron chi connectivity index (χ2n) is 6.77. The van der Waals surface area contributed by atoms with Crippen LogP contribution in [0.4, 0.5) is 0 Å². The smallest absolute Gasteiger partial charge is 0.0195 e. The van der Waals surface area contributed by atoms with Crippen molar-refractivity contribution < 1.29 is 0 Å². The number of hydrogen-bond donors (Lipinski definition) is 1. The molecule has 1 rings (SSSR count). The van der Waals surface area contributed by atoms with Gasteiger partial charge in [0, 0.05) is 18.6 Å². The van der Waals surface area contributed by atoms with Crippen molar-refractivity contribution in [2.24, 2.45) is 5.92 Å². The average Bonchev–Trinajstić information content (AvgIpc) is 2.88. The van der Waals surface area contributed by atoms with Gasteiger partial charge in [-0.25, -0.2) is 0 Å². The molecule has 0 aromatic carbocycles. The Bertz CT molecular complexity index is 209. The highest BCUT2D eigenvalue weighted by atomic mass is 15.2. The molecule has 1 aliphatic rings. The highest BCUT2D eigenvalue weighted by molar-refractivity contribution is 4.82. The fourth-order valence-electron chi connectivity index (χ4n) is 3.14. The van der Waals surface area contributed by atoms with Gasteiger partial charge in [-0.2, -0.15) is 0 Å². The molecule has 1 saturated carbocycles. The first-order chi connectivity index (χ1) is 9.15. The first-order valence-corrected chi connectivity index (χ1v) is 8.61. The average molecular weight is 268 g/mol. The quantitative estimate of drug-likeness (QED) is 0.601. The van der Waals surface area contributed by atoms with Crippen molar-refractivity contribution in [3.05, 3.63) is 0 Å². The summed E-state index contributed by atoms with van der Waals surface area (Å²) in [5.74, 6) is 0.823. The third-order valence-electron chi connectivity index (χ3n) is 4.47. The Morgan fingerprint density at radius 2 is 1.84 bits per heavy atom. The van der Waals surface area contributed by atoms with Gasteiger partial charge in [0.1, 0.15) is 0 Å². The number of hydrogen-bond acceptors (Lipinski definition) is 2. The Hall–Kier alpha value is -0.0800. The van der Waals surface area contributed by atoms with E-state index in [1.165, 1.54) is 58.0 Å². The molecule has 0 aliphatic heterocycles. The molecule has 0 spiro atoms. The Morgan fingerprint density at radius 3 is 2.42 bits per heavy atom. The van der Waals surface area contributed by atoms with Crippen molar-refractivity contribution in [2.45, 2.75) is 84.7 Å². The summed E-state index contributed by atoms with van der Waals surface area (Å²) in [5, 5.41) is 3.64. The molecule has 2 heteroatoms. The minimum atomic E-state index is 0.693. The Kier molecular flexibility index (Phi) is 8.72. The summed E-state index contributed by atoms with van der Waals surface area (Å²) >= 11 is 0. The molecule has 0 saturated heterocycles. The van der Waals surface area contributed by atoms with Crippen LogP contribution in [0.2, 0.25) is 0 Å². The van der Waals surface area contributed by atoms with Crippen LogP contribution < -0.4 is 5.32 Å². The molecule has 0 aromatic rings. The maximum absolute atomic E-state index is 3.64. The Morgan fingerprint density at radius 1 is 1.16 bits per heavy atom. The zero-order chi connectivity index (χ0) is 14.1. The Labute approximate surface area is 121 Å². The van der Waals surface area contributed by atoms with Gasteiger partial charge in [-0.1, -0.05) is 40.0 Å². The molecule has 0 heterocycles. The molecule has 1 N–H and O–H groups in total. The lowest BCUT2D eigenvalue weighted by Gasteiger charge is -2.35. The zero-order valence-corrected chi connectivity index (χ0v) is 13.8. The largest absolute Gasteiger partial charge is 0.315 e. The van der Waals surface area contributed by atoms with Crippen LogP contribution in [-0.2, 0) is 0 Å². The standard InChI is InChI=1S/C17H36N2/c1-5-6-12-18-14-16(4)19(13-11-15(2)3)17-9-7-8-10-17/h15-18H,5-14H2,1-4H3. The molecule has 1 unspecified atom stereocenters. The molecule has 2 nitrogen and oxygen atoms in total. The summed E-state index contributed by atoms with van der Waals surface area (Å²) in [6, 6.07) is 1.56. The molecule has 0 aromatic heterocycles. The van der Waals surface area contributed by atoms with Gasteiger partial charge < -0.3 is 5.32 Å². The number of rotatable bonds is 10. The van der Waals surface area contributed by atoms with Crippen LogP contribution in [0, 0.1) is 5.92 Å². The summed E-state index contributed by atoms with van der Waals surface area (Å²) in [6.45, 7) is 13.0. The zero-order valence-electron chi connectivity index (χ0n) is 13.8. The van der Waals surface area contributed by atoms with Crippen molar-refractivity contribution in [1.29, 1.82) is 0 Å². The van der Waals surface area contributed by atoms with E-state index in [2.05, 4.69) is 37.9 Å². The number of unbranched alkanes of at least 4 members (excludes halogenated alkanes) is 1. The van der Waals surface area contributed by atoms with E-state index < -0.39 is 0 Å². The lowest BCUT2D eigenvalue weighted by atomic mass is 10.1. The first kappa shape index (κ1) is 17.0. The van der Waals surface area contributed by atoms with Gasteiger partial charge in [-0.15, -0.1) is 0 Å². The predicted octanol–water partition coefficient (Wildman–Crippen LogP) is 4.06. The van der Waals surface area contributed by atoms with Crippen LogP contribution in [0.5, 0.6) is 0 Å². The van der Waals surface area contributed by atoms with E-state index in [9.17, 15) is 0 Å². The lowest BCUT2D eigenvalue weighted by Crippen LogP contribution is -2.46. The van der Waals surface area contributed by atoms with Gasteiger partial charge in [0.25, 0.3) is 0 Å². The summed E-state index contributed by atoms with van der Waals surface area (Å²) in [4.78, 5) is 2.80. The van der Waals surface area contributed by atoms with E-state index in [0.717, 1.165) is 18.5 Å². The highest BCUT2D eigenvalue weighted by Gasteiger charge is 2.25. The topological polar surface area (TPSA) is 15.3 Å². The molecule has 19 heavy (non-hydrogen) atoms. The van der Waals surface area contributed by atoms with Crippen LogP contribution >= 0.6 is 0 Å². The van der Waals surface area contributed by atoms with Crippen LogP contribution in [0.3, 0.4) is 0 Å². The van der Waals surface area contributed by atoms with Crippen molar-refractivity contribution in [3.63, 3.8) is 0 Å². The molecular weight excluding hydrogens is 232 g/mol. The maximum atomic E-state index is 3.64. The number of nitrogens with zero attached hydrogens (tertiary/aromatic N) is 1. The Balaban J connectivity index is 2.36. The predicted molar refractivity (Wildman–Crippen MR) is 85.7 cm³/mol. The first-order valence-electron chi connectivity index (χ1n) is 8.61. The molecule has 0 bridgehead atoms. The van der Waals surface area contributed by atoms with Gasteiger partial charge in [0.15, 0.2) is 0 Å². The van der Waals surface area contributed by atoms with Crippen molar-refractivity contribution in [3.8, 4) is 0 Å². The second-order valence-corrected chi connectivity index (χ2v) is 6.77. The fraction of sp³-hybridized carbons (Fsp3) is 1.00. The molecular formula is C17H36N2. The number of nitrogens with one attached hydrogen (secondary N) is 1. The van der Waals surface area contributed by atoms with E-state index in [1.54, 1.807) is 0 Å². The second kappa shape index (κ2) is 9.77. The molecule has 1 fully saturated rings. The van der Waals surface area contributed by atoms with E-state index in [-0.39, 0.29) is 0 Å². The monoisotopic (exact) mass is 268 g/mol. The lowest BCUT2D eigenvalue weighted by molar-refractivity contribution is 0.135. The molecule has 0 radical (unpaired) electrons. The van der Waals surface area contributed by atoms with E-state index >= 15 is 0 Å². The fourth-order valence-corrected chi connectivity index (χ4v) is 3.14. The third kappa shape index (κ3) is 6.76. The molecule has 1 aliphatic carbocycles. The van der Waals surface area contributed by atoms with E-state index in [0.29, 0.717) is 6.04 Å². The molecule has 1 atom stereocenters. The summed E-state index contributed by atoms with van der Waals surface area (Å²) in [6.07, 6.45) is 9.69. The van der Waals surface area contributed by atoms with Gasteiger partial charge in [0.2, 0.25) is 0 Å². The third-order valence-corrected chi connectivity index (χ3v) is 4.47. The van der Waals surface area contributed by atoms with Crippen molar-refractivity contribution in [2.75, 3.05) is 19.6 Å². The van der Waals surface area contributed by atoms with Crippen LogP contribution in [-0.4, -0.2) is 36.6 Å². The van der Waals surface area contributed by atoms with Gasteiger partial charge in [-0.3, -0.25) is 4.90 Å². The van der Waals surface area contributed by atoms with Gasteiger partial charge >= 0.3 is 0 Å². The summed E-state index contributed by atoms with van der Waals surface area (Å²) < 4.78 is 0. The van der Waals surface area contributed by atoms with Crippen molar-refractivity contribution >= 4 is 0 Å². The summed E-state index contributed by atoms with van der Waals surface area (Å²) in [7, 11) is 0. The minimum Gasteiger partial charge on any atom is -0.315 e. The van der Waals surface area contributed by atoms with Crippen molar-refractivity contribution in [1.82, 2.24) is 10.2 Å². The van der Waals surface area contributed by atoms with E-state index in [4.69, 9.17) is 0 Å². The van der Waals surface area contributed by atoms with Crippen LogP contribution in [0.25, 0.3) is 0 Å². The molecule has 114 valence electrons. The minimum absolute atomic E-state index is 0.693. The van der Waals surface area contributed by atoms with Gasteiger partial charge in [-0.05, 0) is 51.6 Å². The summed E-state index contributed by atoms with van der Waals surface area (Å²) in [5.41, 5.74) is 0. The molecule has 0 amide bonds. The van der Waals surface area contributed by atoms with Crippen LogP contribution in [0.15, 0.2) is 0 Å². The van der Waals surface area contributed by atoms with Gasteiger partial charge in [0.05, 0.1) is 0 Å². The van der Waals surface area contributed by atoms with E-state index in [1.807, 2.05) is 0 Å². The normalized spacial score (nSPS) is 18.6. The SMILES string of the molecule is CCCCNCC(C)N(CCC(C)C)C1CCCC1.